The molecule has 0 aromatic heterocycles. The van der Waals surface area contributed by atoms with Gasteiger partial charge in [0.1, 0.15) is 5.75 Å². The van der Waals surface area contributed by atoms with Crippen LogP contribution in [0, 0.1) is 5.92 Å². The maximum absolute atomic E-state index is 5.83. The first-order chi connectivity index (χ1) is 9.24. The fourth-order valence-corrected chi connectivity index (χ4v) is 2.74. The molecule has 0 unspecified atom stereocenters. The van der Waals surface area contributed by atoms with E-state index in [0.29, 0.717) is 0 Å². The zero-order chi connectivity index (χ0) is 13.5. The Morgan fingerprint density at radius 1 is 1.16 bits per heavy atom. The Kier molecular flexibility index (Phi) is 5.99. The minimum Gasteiger partial charge on any atom is -0.494 e. The lowest BCUT2D eigenvalue weighted by molar-refractivity contribution is -0.906. The Balaban J connectivity index is 1.53. The zero-order valence-corrected chi connectivity index (χ0v) is 12.6. The van der Waals surface area contributed by atoms with E-state index in [9.17, 15) is 0 Å². The second-order valence-corrected chi connectivity index (χ2v) is 6.13. The maximum atomic E-state index is 5.83. The van der Waals surface area contributed by atoms with Gasteiger partial charge in [0.2, 0.25) is 0 Å². The van der Waals surface area contributed by atoms with Crippen LogP contribution in [0.25, 0.3) is 0 Å². The molecule has 1 aromatic rings. The number of nitrogens with one attached hydrogen (secondary N) is 1. The van der Waals surface area contributed by atoms with Crippen molar-refractivity contribution in [1.29, 1.82) is 0 Å². The Bertz CT molecular complexity index is 358. The molecule has 1 N–H and O–H groups in total. The number of ether oxygens (including phenoxy) is 1. The van der Waals surface area contributed by atoms with Crippen molar-refractivity contribution in [2.45, 2.75) is 32.6 Å². The van der Waals surface area contributed by atoms with Gasteiger partial charge in [0, 0.05) is 5.02 Å². The number of hydrogen-bond acceptors (Lipinski definition) is 1. The summed E-state index contributed by atoms with van der Waals surface area (Å²) in [5.41, 5.74) is 0. The predicted octanol–water partition coefficient (Wildman–Crippen LogP) is 2.81. The third-order valence-electron chi connectivity index (χ3n) is 3.99. The van der Waals surface area contributed by atoms with Crippen molar-refractivity contribution in [2.24, 2.45) is 5.92 Å². The van der Waals surface area contributed by atoms with Crippen LogP contribution in [0.1, 0.15) is 32.6 Å². The first-order valence-electron chi connectivity index (χ1n) is 7.46. The summed E-state index contributed by atoms with van der Waals surface area (Å²) in [6.07, 6.45) is 5.20. The monoisotopic (exact) mass is 282 g/mol. The van der Waals surface area contributed by atoms with Crippen LogP contribution >= 0.6 is 11.6 Å². The molecule has 2 nitrogen and oxygen atoms in total. The normalized spacial score (nSPS) is 23.3. The lowest BCUT2D eigenvalue weighted by Gasteiger charge is -2.27. The van der Waals surface area contributed by atoms with Crippen molar-refractivity contribution in [3.05, 3.63) is 29.3 Å². The number of benzene rings is 1. The molecule has 0 spiro atoms. The van der Waals surface area contributed by atoms with Crippen LogP contribution in [0.4, 0.5) is 0 Å². The predicted molar refractivity (Wildman–Crippen MR) is 80.1 cm³/mol. The standard InChI is InChI=1S/C16H24ClNO/c1-14-8-11-18(12-9-14)10-2-3-13-19-16-6-4-15(17)5-7-16/h4-7,14H,2-3,8-13H2,1H3/p+1. The van der Waals surface area contributed by atoms with Gasteiger partial charge in [0.15, 0.2) is 0 Å². The summed E-state index contributed by atoms with van der Waals surface area (Å²) >= 11 is 5.83. The van der Waals surface area contributed by atoms with E-state index in [1.54, 1.807) is 4.90 Å². The quantitative estimate of drug-likeness (QED) is 0.792. The van der Waals surface area contributed by atoms with E-state index in [2.05, 4.69) is 6.92 Å². The average Bonchev–Trinajstić information content (AvgIpc) is 2.43. The smallest absolute Gasteiger partial charge is 0.119 e. The number of rotatable bonds is 6. The molecule has 1 saturated heterocycles. The summed E-state index contributed by atoms with van der Waals surface area (Å²) in [4.78, 5) is 1.78. The van der Waals surface area contributed by atoms with Gasteiger partial charge in [-0.1, -0.05) is 18.5 Å². The third-order valence-corrected chi connectivity index (χ3v) is 4.24. The molecule has 2 rings (SSSR count). The Morgan fingerprint density at radius 2 is 1.84 bits per heavy atom. The summed E-state index contributed by atoms with van der Waals surface area (Å²) in [5, 5.41) is 0.760. The number of hydrogen-bond donors (Lipinski definition) is 1. The molecule has 0 saturated carbocycles. The van der Waals surface area contributed by atoms with E-state index >= 15 is 0 Å². The van der Waals surface area contributed by atoms with Gasteiger partial charge in [0.25, 0.3) is 0 Å². The second kappa shape index (κ2) is 7.76. The van der Waals surface area contributed by atoms with Crippen LogP contribution in [0.2, 0.25) is 5.02 Å². The Labute approximate surface area is 121 Å². The van der Waals surface area contributed by atoms with Crippen molar-refractivity contribution < 1.29 is 9.64 Å². The first-order valence-corrected chi connectivity index (χ1v) is 7.84. The highest BCUT2D eigenvalue weighted by atomic mass is 35.5. The molecule has 1 aliphatic heterocycles. The zero-order valence-electron chi connectivity index (χ0n) is 11.8. The molecule has 0 bridgehead atoms. The van der Waals surface area contributed by atoms with Gasteiger partial charge < -0.3 is 9.64 Å². The molecule has 3 heteroatoms. The van der Waals surface area contributed by atoms with Crippen LogP contribution in [0.15, 0.2) is 24.3 Å². The van der Waals surface area contributed by atoms with Gasteiger partial charge in [0.05, 0.1) is 26.2 Å². The van der Waals surface area contributed by atoms with Gasteiger partial charge in [-0.3, -0.25) is 0 Å². The molecule has 106 valence electrons. The van der Waals surface area contributed by atoms with Crippen LogP contribution in [-0.4, -0.2) is 26.2 Å². The molecule has 1 fully saturated rings. The van der Waals surface area contributed by atoms with E-state index in [4.69, 9.17) is 16.3 Å². The Morgan fingerprint density at radius 3 is 2.53 bits per heavy atom. The van der Waals surface area contributed by atoms with Crippen molar-refractivity contribution in [3.8, 4) is 5.75 Å². The number of quaternary nitrogens is 1. The molecule has 0 aliphatic carbocycles. The molecule has 19 heavy (non-hydrogen) atoms. The van der Waals surface area contributed by atoms with Gasteiger partial charge in [-0.15, -0.1) is 0 Å². The molecular formula is C16H25ClNO+. The highest BCUT2D eigenvalue weighted by Crippen LogP contribution is 2.15. The van der Waals surface area contributed by atoms with E-state index in [1.165, 1.54) is 38.9 Å². The Hall–Kier alpha value is -0.730. The number of halogens is 1. The lowest BCUT2D eigenvalue weighted by Crippen LogP contribution is -3.13. The summed E-state index contributed by atoms with van der Waals surface area (Å²) in [7, 11) is 0. The van der Waals surface area contributed by atoms with E-state index in [0.717, 1.165) is 29.7 Å². The lowest BCUT2D eigenvalue weighted by atomic mass is 9.99. The van der Waals surface area contributed by atoms with E-state index in [1.807, 2.05) is 24.3 Å². The largest absolute Gasteiger partial charge is 0.494 e. The number of piperidine rings is 1. The van der Waals surface area contributed by atoms with Gasteiger partial charge in [-0.2, -0.15) is 0 Å². The molecule has 0 atom stereocenters. The maximum Gasteiger partial charge on any atom is 0.119 e. The minimum absolute atomic E-state index is 0.760. The summed E-state index contributed by atoms with van der Waals surface area (Å²) < 4.78 is 5.70. The molecule has 1 aromatic carbocycles. The number of unbranched alkanes of at least 4 members (excludes halogenated alkanes) is 1. The average molecular weight is 283 g/mol. The van der Waals surface area contributed by atoms with Crippen molar-refractivity contribution >= 4 is 11.6 Å². The highest BCUT2D eigenvalue weighted by Gasteiger charge is 2.17. The highest BCUT2D eigenvalue weighted by molar-refractivity contribution is 6.30. The van der Waals surface area contributed by atoms with Crippen LogP contribution in [-0.2, 0) is 0 Å². The fraction of sp³-hybridized carbons (Fsp3) is 0.625. The SMILES string of the molecule is CC1CC[NH+](CCCCOc2ccc(Cl)cc2)CC1. The fourth-order valence-electron chi connectivity index (χ4n) is 2.62. The topological polar surface area (TPSA) is 13.7 Å². The summed E-state index contributed by atoms with van der Waals surface area (Å²) in [6.45, 7) is 7.21. The van der Waals surface area contributed by atoms with Crippen molar-refractivity contribution in [1.82, 2.24) is 0 Å². The van der Waals surface area contributed by atoms with Crippen molar-refractivity contribution in [3.63, 3.8) is 0 Å². The van der Waals surface area contributed by atoms with Crippen LogP contribution in [0.5, 0.6) is 5.75 Å². The van der Waals surface area contributed by atoms with E-state index in [-0.39, 0.29) is 0 Å². The molecule has 1 heterocycles. The van der Waals surface area contributed by atoms with Crippen LogP contribution < -0.4 is 9.64 Å². The molecular weight excluding hydrogens is 258 g/mol. The van der Waals surface area contributed by atoms with Gasteiger partial charge in [-0.25, -0.2) is 0 Å². The number of likely N-dealkylation sites (tertiary alicyclic amines) is 1. The van der Waals surface area contributed by atoms with Crippen molar-refractivity contribution in [2.75, 3.05) is 26.2 Å². The van der Waals surface area contributed by atoms with E-state index < -0.39 is 0 Å². The summed E-state index contributed by atoms with van der Waals surface area (Å²) in [5.74, 6) is 1.86. The second-order valence-electron chi connectivity index (χ2n) is 5.69. The molecule has 1 aliphatic rings. The van der Waals surface area contributed by atoms with Gasteiger partial charge >= 0.3 is 0 Å². The third kappa shape index (κ3) is 5.42. The first kappa shape index (κ1) is 14.7. The minimum atomic E-state index is 0.760. The van der Waals surface area contributed by atoms with Crippen LogP contribution in [0.3, 0.4) is 0 Å². The molecule has 0 radical (unpaired) electrons. The van der Waals surface area contributed by atoms with Gasteiger partial charge in [-0.05, 0) is 55.9 Å². The molecule has 0 amide bonds. The summed E-state index contributed by atoms with van der Waals surface area (Å²) in [6, 6.07) is 7.60.